The first-order valence-corrected chi connectivity index (χ1v) is 6.90. The van der Waals surface area contributed by atoms with Crippen molar-refractivity contribution in [3.05, 3.63) is 11.1 Å². The largest absolute Gasteiger partial charge is 0.317 e. The number of amides is 1. The van der Waals surface area contributed by atoms with Crippen LogP contribution in [0.25, 0.3) is 0 Å². The van der Waals surface area contributed by atoms with Crippen molar-refractivity contribution in [2.45, 2.75) is 45.1 Å². The number of hydrogen-bond acceptors (Lipinski definition) is 4. The van der Waals surface area contributed by atoms with Crippen LogP contribution in [0.15, 0.2) is 5.38 Å². The van der Waals surface area contributed by atoms with Crippen LogP contribution in [0.5, 0.6) is 0 Å². The third-order valence-electron chi connectivity index (χ3n) is 3.32. The number of hydrogen-bond donors (Lipinski definition) is 2. The van der Waals surface area contributed by atoms with Gasteiger partial charge in [-0.2, -0.15) is 0 Å². The molecular weight excluding hydrogens is 234 g/mol. The van der Waals surface area contributed by atoms with Gasteiger partial charge in [0.1, 0.15) is 0 Å². The van der Waals surface area contributed by atoms with Crippen LogP contribution < -0.4 is 11.1 Å². The highest BCUT2D eigenvalue weighted by Gasteiger charge is 2.38. The van der Waals surface area contributed by atoms with Gasteiger partial charge >= 0.3 is 0 Å². The van der Waals surface area contributed by atoms with Crippen LogP contribution in [-0.2, 0) is 4.79 Å². The lowest BCUT2D eigenvalue weighted by Gasteiger charge is -2.34. The second-order valence-corrected chi connectivity index (χ2v) is 5.96. The van der Waals surface area contributed by atoms with Gasteiger partial charge in [0, 0.05) is 5.38 Å². The smallest absolute Gasteiger partial charge is 0.246 e. The van der Waals surface area contributed by atoms with Gasteiger partial charge in [-0.05, 0) is 25.7 Å². The predicted molar refractivity (Wildman–Crippen MR) is 70.0 cm³/mol. The normalized spacial score (nSPS) is 29.0. The van der Waals surface area contributed by atoms with Crippen molar-refractivity contribution in [2.24, 2.45) is 11.7 Å². The van der Waals surface area contributed by atoms with Crippen molar-refractivity contribution in [1.82, 2.24) is 4.98 Å². The van der Waals surface area contributed by atoms with Gasteiger partial charge in [-0.3, -0.25) is 4.79 Å². The Kier molecular flexibility index (Phi) is 3.49. The summed E-state index contributed by atoms with van der Waals surface area (Å²) in [4.78, 5) is 16.4. The molecule has 1 aromatic rings. The number of aromatic nitrogens is 1. The molecule has 1 heterocycles. The molecule has 0 aromatic carbocycles. The minimum atomic E-state index is -0.711. The number of thiazole rings is 1. The summed E-state index contributed by atoms with van der Waals surface area (Å²) in [7, 11) is 0. The van der Waals surface area contributed by atoms with Crippen LogP contribution in [0, 0.1) is 12.8 Å². The van der Waals surface area contributed by atoms with E-state index in [2.05, 4.69) is 17.2 Å². The summed E-state index contributed by atoms with van der Waals surface area (Å²) in [6, 6.07) is 0. The molecule has 1 amide bonds. The Bertz CT molecular complexity index is 418. The van der Waals surface area contributed by atoms with E-state index in [0.717, 1.165) is 25.0 Å². The Labute approximate surface area is 106 Å². The number of nitrogens with one attached hydrogen (secondary N) is 1. The van der Waals surface area contributed by atoms with Crippen LogP contribution in [0.4, 0.5) is 5.13 Å². The number of rotatable bonds is 2. The maximum absolute atomic E-state index is 12.2. The summed E-state index contributed by atoms with van der Waals surface area (Å²) >= 11 is 1.44. The first-order valence-electron chi connectivity index (χ1n) is 6.02. The maximum Gasteiger partial charge on any atom is 0.246 e. The molecule has 3 N–H and O–H groups in total. The van der Waals surface area contributed by atoms with Crippen LogP contribution in [0.1, 0.15) is 38.3 Å². The van der Waals surface area contributed by atoms with Gasteiger partial charge in [0.15, 0.2) is 5.13 Å². The molecule has 4 nitrogen and oxygen atoms in total. The molecule has 94 valence electrons. The zero-order chi connectivity index (χ0) is 12.5. The fourth-order valence-electron chi connectivity index (χ4n) is 2.43. The van der Waals surface area contributed by atoms with Crippen LogP contribution in [-0.4, -0.2) is 16.4 Å². The Morgan fingerprint density at radius 1 is 1.71 bits per heavy atom. The van der Waals surface area contributed by atoms with Crippen molar-refractivity contribution >= 4 is 22.4 Å². The molecule has 1 aliphatic carbocycles. The van der Waals surface area contributed by atoms with Gasteiger partial charge in [-0.15, -0.1) is 11.3 Å². The Hall–Kier alpha value is -0.940. The van der Waals surface area contributed by atoms with Gasteiger partial charge in [-0.25, -0.2) is 4.98 Å². The lowest BCUT2D eigenvalue weighted by Crippen LogP contribution is -2.53. The number of nitrogens with zero attached hydrogens (tertiary/aromatic N) is 1. The molecule has 1 saturated carbocycles. The molecule has 1 aromatic heterocycles. The SMILES string of the molecule is Cc1csc(NC(=O)C2(N)CCCC(C)C2)n1. The summed E-state index contributed by atoms with van der Waals surface area (Å²) in [5, 5.41) is 5.40. The topological polar surface area (TPSA) is 68.0 Å². The van der Waals surface area contributed by atoms with E-state index in [1.165, 1.54) is 17.8 Å². The number of anilines is 1. The molecule has 0 bridgehead atoms. The van der Waals surface area contributed by atoms with Crippen LogP contribution >= 0.6 is 11.3 Å². The van der Waals surface area contributed by atoms with E-state index in [1.54, 1.807) is 0 Å². The zero-order valence-corrected chi connectivity index (χ0v) is 11.1. The maximum atomic E-state index is 12.2. The Balaban J connectivity index is 2.03. The first kappa shape index (κ1) is 12.5. The molecule has 0 aliphatic heterocycles. The number of nitrogens with two attached hydrogens (primary N) is 1. The minimum absolute atomic E-state index is 0.0848. The Morgan fingerprint density at radius 3 is 3.06 bits per heavy atom. The van der Waals surface area contributed by atoms with Gasteiger partial charge in [0.25, 0.3) is 0 Å². The Morgan fingerprint density at radius 2 is 2.47 bits per heavy atom. The number of aryl methyl sites for hydroxylation is 1. The molecule has 1 aliphatic rings. The monoisotopic (exact) mass is 253 g/mol. The second kappa shape index (κ2) is 4.74. The van der Waals surface area contributed by atoms with E-state index in [1.807, 2.05) is 12.3 Å². The van der Waals surface area contributed by atoms with Gasteiger partial charge in [-0.1, -0.05) is 19.8 Å². The quantitative estimate of drug-likeness (QED) is 0.849. The minimum Gasteiger partial charge on any atom is -0.317 e. The lowest BCUT2D eigenvalue weighted by atomic mass is 9.76. The first-order chi connectivity index (χ1) is 7.99. The van der Waals surface area contributed by atoms with Gasteiger partial charge in [0.05, 0.1) is 11.2 Å². The van der Waals surface area contributed by atoms with Gasteiger partial charge in [0.2, 0.25) is 5.91 Å². The van der Waals surface area contributed by atoms with Crippen molar-refractivity contribution in [2.75, 3.05) is 5.32 Å². The third-order valence-corrected chi connectivity index (χ3v) is 4.20. The average Bonchev–Trinajstić information content (AvgIpc) is 2.63. The molecule has 0 saturated heterocycles. The van der Waals surface area contributed by atoms with Crippen LogP contribution in [0.3, 0.4) is 0 Å². The van der Waals surface area contributed by atoms with Crippen molar-refractivity contribution < 1.29 is 4.79 Å². The summed E-state index contributed by atoms with van der Waals surface area (Å²) in [6.07, 6.45) is 3.74. The summed E-state index contributed by atoms with van der Waals surface area (Å²) in [5.74, 6) is 0.441. The van der Waals surface area contributed by atoms with Gasteiger partial charge < -0.3 is 11.1 Å². The summed E-state index contributed by atoms with van der Waals surface area (Å²) < 4.78 is 0. The van der Waals surface area contributed by atoms with Crippen molar-refractivity contribution in [3.63, 3.8) is 0 Å². The average molecular weight is 253 g/mol. The fraction of sp³-hybridized carbons (Fsp3) is 0.667. The molecular formula is C12H19N3OS. The second-order valence-electron chi connectivity index (χ2n) is 5.11. The highest BCUT2D eigenvalue weighted by Crippen LogP contribution is 2.31. The summed E-state index contributed by atoms with van der Waals surface area (Å²) in [6.45, 7) is 4.06. The molecule has 2 atom stereocenters. The fourth-order valence-corrected chi connectivity index (χ4v) is 3.11. The van der Waals surface area contributed by atoms with E-state index in [0.29, 0.717) is 11.0 Å². The molecule has 1 fully saturated rings. The molecule has 0 spiro atoms. The highest BCUT2D eigenvalue weighted by molar-refractivity contribution is 7.13. The molecule has 2 rings (SSSR count). The molecule has 2 unspecified atom stereocenters. The van der Waals surface area contributed by atoms with Crippen molar-refractivity contribution in [1.29, 1.82) is 0 Å². The standard InChI is InChI=1S/C12H19N3OS/c1-8-4-3-5-12(13,6-8)10(16)15-11-14-9(2)7-17-11/h7-8H,3-6,13H2,1-2H3,(H,14,15,16). The predicted octanol–water partition coefficient (Wildman–Crippen LogP) is 2.30. The molecule has 5 heteroatoms. The molecule has 17 heavy (non-hydrogen) atoms. The third kappa shape index (κ3) is 2.84. The number of carbonyl (C=O) groups excluding carboxylic acids is 1. The van der Waals surface area contributed by atoms with Crippen LogP contribution in [0.2, 0.25) is 0 Å². The van der Waals surface area contributed by atoms with Crippen molar-refractivity contribution in [3.8, 4) is 0 Å². The van der Waals surface area contributed by atoms with E-state index in [9.17, 15) is 4.79 Å². The van der Waals surface area contributed by atoms with E-state index in [4.69, 9.17) is 5.73 Å². The number of carbonyl (C=O) groups is 1. The zero-order valence-electron chi connectivity index (χ0n) is 10.3. The summed E-state index contributed by atoms with van der Waals surface area (Å²) in [5.41, 5.74) is 6.43. The molecule has 0 radical (unpaired) electrons. The van der Waals surface area contributed by atoms with E-state index in [-0.39, 0.29) is 5.91 Å². The lowest BCUT2D eigenvalue weighted by molar-refractivity contribution is -0.122. The highest BCUT2D eigenvalue weighted by atomic mass is 32.1. The van der Waals surface area contributed by atoms with E-state index < -0.39 is 5.54 Å². The van der Waals surface area contributed by atoms with E-state index >= 15 is 0 Å².